The van der Waals surface area contributed by atoms with Crippen molar-refractivity contribution in [2.75, 3.05) is 20.6 Å². The van der Waals surface area contributed by atoms with E-state index in [1.165, 1.54) is 16.8 Å². The van der Waals surface area contributed by atoms with Crippen molar-refractivity contribution >= 4 is 28.0 Å². The molecule has 10 heteroatoms. The number of aryl methyl sites for hydroxylation is 1. The monoisotopic (exact) mass is 451 g/mol. The first-order valence-corrected chi connectivity index (χ1v) is 10.6. The molecule has 33 heavy (non-hydrogen) atoms. The number of carbonyl (C=O) groups is 1. The molecule has 0 aliphatic rings. The number of primary amides is 1. The predicted octanol–water partition coefficient (Wildman–Crippen LogP) is 2.27. The number of fused-ring (bicyclic) bond motifs is 3. The van der Waals surface area contributed by atoms with Crippen LogP contribution >= 0.6 is 0 Å². The highest BCUT2D eigenvalue weighted by Crippen LogP contribution is 2.31. The number of halogens is 1. The molecule has 0 fully saturated rings. The number of nitrogens with zero attached hydrogens (tertiary/aromatic N) is 6. The van der Waals surface area contributed by atoms with E-state index in [0.717, 1.165) is 0 Å². The molecule has 9 nitrogen and oxygen atoms in total. The average Bonchev–Trinajstić information content (AvgIpc) is 3.02. The van der Waals surface area contributed by atoms with Crippen molar-refractivity contribution in [3.05, 3.63) is 52.0 Å². The van der Waals surface area contributed by atoms with Gasteiger partial charge in [-0.2, -0.15) is 0 Å². The number of likely N-dealkylation sites (N-methyl/N-ethyl adjacent to an activating group) is 1. The summed E-state index contributed by atoms with van der Waals surface area (Å²) < 4.78 is 18.3. The first-order valence-electron chi connectivity index (χ1n) is 10.6. The van der Waals surface area contributed by atoms with Gasteiger partial charge in [-0.1, -0.05) is 0 Å². The van der Waals surface area contributed by atoms with Crippen molar-refractivity contribution in [2.24, 2.45) is 12.8 Å². The van der Waals surface area contributed by atoms with Crippen molar-refractivity contribution in [2.45, 2.75) is 26.3 Å². The Labute approximate surface area is 189 Å². The highest BCUT2D eigenvalue weighted by molar-refractivity contribution is 6.02. The van der Waals surface area contributed by atoms with Gasteiger partial charge in [0.1, 0.15) is 17.0 Å². The van der Waals surface area contributed by atoms with Gasteiger partial charge >= 0.3 is 5.69 Å². The second kappa shape index (κ2) is 8.36. The molecule has 172 valence electrons. The van der Waals surface area contributed by atoms with Crippen LogP contribution in [0, 0.1) is 5.82 Å². The Balaban J connectivity index is 1.98. The normalized spacial score (nSPS) is 11.9. The molecule has 0 radical (unpaired) electrons. The number of benzene rings is 1. The molecule has 0 spiro atoms. The third-order valence-electron chi connectivity index (χ3n) is 5.71. The number of carbonyl (C=O) groups excluding carboxylic acids is 1. The summed E-state index contributed by atoms with van der Waals surface area (Å²) in [4.78, 5) is 30.9. The van der Waals surface area contributed by atoms with Crippen LogP contribution in [0.4, 0.5) is 4.39 Å². The second-order valence-electron chi connectivity index (χ2n) is 8.68. The largest absolute Gasteiger partial charge is 0.364 e. The van der Waals surface area contributed by atoms with Crippen molar-refractivity contribution in [3.8, 4) is 11.1 Å². The van der Waals surface area contributed by atoms with Crippen molar-refractivity contribution < 1.29 is 9.18 Å². The highest BCUT2D eigenvalue weighted by Gasteiger charge is 2.20. The zero-order valence-corrected chi connectivity index (χ0v) is 19.3. The van der Waals surface area contributed by atoms with Crippen molar-refractivity contribution in [1.29, 1.82) is 0 Å². The van der Waals surface area contributed by atoms with E-state index < -0.39 is 11.7 Å². The lowest BCUT2D eigenvalue weighted by atomic mass is 9.99. The molecule has 0 aliphatic carbocycles. The van der Waals surface area contributed by atoms with E-state index in [0.29, 0.717) is 46.2 Å². The quantitative estimate of drug-likeness (QED) is 0.481. The predicted molar refractivity (Wildman–Crippen MR) is 125 cm³/mol. The molecule has 1 aromatic carbocycles. The maximum Gasteiger partial charge on any atom is 0.330 e. The smallest absolute Gasteiger partial charge is 0.330 e. The van der Waals surface area contributed by atoms with Crippen LogP contribution in [0.3, 0.4) is 0 Å². The summed E-state index contributed by atoms with van der Waals surface area (Å²) in [5.41, 5.74) is 8.26. The lowest BCUT2D eigenvalue weighted by molar-refractivity contribution is 0.0994. The standard InChI is InChI=1S/C23H26FN7O2/c1-12(2)31-20-16-9-15(17(24)10-18(16)27-28-22(20)30(5)23(31)33)14-8-13(6-7-29(3)4)19(21(25)32)26-11-14/h8-12H,6-7H2,1-5H3,(H2,25,32). The van der Waals surface area contributed by atoms with Crippen LogP contribution < -0.4 is 11.4 Å². The first-order chi connectivity index (χ1) is 15.6. The van der Waals surface area contributed by atoms with E-state index in [1.54, 1.807) is 23.7 Å². The van der Waals surface area contributed by atoms with Gasteiger partial charge in [0.2, 0.25) is 0 Å². The molecule has 4 rings (SSSR count). The summed E-state index contributed by atoms with van der Waals surface area (Å²) >= 11 is 0. The summed E-state index contributed by atoms with van der Waals surface area (Å²) in [5, 5.41) is 8.91. The molecule has 1 amide bonds. The minimum atomic E-state index is -0.628. The molecule has 0 unspecified atom stereocenters. The fourth-order valence-corrected chi connectivity index (χ4v) is 4.03. The molecule has 0 saturated heterocycles. The highest BCUT2D eigenvalue weighted by atomic mass is 19.1. The van der Waals surface area contributed by atoms with Crippen LogP contribution in [0.15, 0.2) is 29.2 Å². The molecular weight excluding hydrogens is 425 g/mol. The van der Waals surface area contributed by atoms with Gasteiger partial charge in [0.05, 0.1) is 5.52 Å². The Bertz CT molecular complexity index is 1450. The number of aromatic nitrogens is 5. The lowest BCUT2D eigenvalue weighted by Gasteiger charge is -2.14. The van der Waals surface area contributed by atoms with Crippen LogP contribution in [-0.2, 0) is 13.5 Å². The molecule has 2 N–H and O–H groups in total. The fourth-order valence-electron chi connectivity index (χ4n) is 4.03. The molecule has 0 saturated carbocycles. The van der Waals surface area contributed by atoms with Gasteiger partial charge in [-0.05, 0) is 52.1 Å². The minimum Gasteiger partial charge on any atom is -0.364 e. The third-order valence-corrected chi connectivity index (χ3v) is 5.71. The van der Waals surface area contributed by atoms with Crippen molar-refractivity contribution in [3.63, 3.8) is 0 Å². The Morgan fingerprint density at radius 2 is 1.94 bits per heavy atom. The number of amides is 1. The van der Waals surface area contributed by atoms with E-state index in [-0.39, 0.29) is 23.0 Å². The molecule has 3 aromatic heterocycles. The third kappa shape index (κ3) is 3.86. The van der Waals surface area contributed by atoms with Crippen LogP contribution in [0.2, 0.25) is 0 Å². The van der Waals surface area contributed by atoms with Crippen LogP contribution in [-0.4, -0.2) is 55.8 Å². The SMILES string of the molecule is CC(C)n1c(=O)n(C)c2nnc3cc(F)c(-c4cnc(C(N)=O)c(CCN(C)C)c4)cc3c21. The van der Waals surface area contributed by atoms with Gasteiger partial charge in [-0.3, -0.25) is 18.9 Å². The Morgan fingerprint density at radius 3 is 2.58 bits per heavy atom. The van der Waals surface area contributed by atoms with E-state index in [9.17, 15) is 9.59 Å². The van der Waals surface area contributed by atoms with Gasteiger partial charge in [-0.25, -0.2) is 9.18 Å². The van der Waals surface area contributed by atoms with Crippen LogP contribution in [0.25, 0.3) is 33.2 Å². The molecule has 4 aromatic rings. The maximum atomic E-state index is 15.2. The Hall–Kier alpha value is -3.66. The van der Waals surface area contributed by atoms with E-state index in [2.05, 4.69) is 15.2 Å². The second-order valence-corrected chi connectivity index (χ2v) is 8.68. The van der Waals surface area contributed by atoms with Gasteiger partial charge in [-0.15, -0.1) is 10.2 Å². The van der Waals surface area contributed by atoms with Gasteiger partial charge in [0, 0.05) is 48.4 Å². The summed E-state index contributed by atoms with van der Waals surface area (Å²) in [6.07, 6.45) is 1.97. The number of rotatable bonds is 6. The first kappa shape index (κ1) is 22.5. The van der Waals surface area contributed by atoms with Crippen LogP contribution in [0.1, 0.15) is 35.9 Å². The van der Waals surface area contributed by atoms with Gasteiger partial charge < -0.3 is 10.6 Å². The van der Waals surface area contributed by atoms with E-state index in [1.807, 2.05) is 32.8 Å². The summed E-state index contributed by atoms with van der Waals surface area (Å²) in [6.45, 7) is 4.48. The Morgan fingerprint density at radius 1 is 1.21 bits per heavy atom. The average molecular weight is 452 g/mol. The Kier molecular flexibility index (Phi) is 5.71. The number of nitrogens with two attached hydrogens (primary N) is 1. The van der Waals surface area contributed by atoms with Gasteiger partial charge in [0.15, 0.2) is 5.65 Å². The summed E-state index contributed by atoms with van der Waals surface area (Å²) in [6, 6.07) is 4.58. The van der Waals surface area contributed by atoms with Gasteiger partial charge in [0.25, 0.3) is 5.91 Å². The summed E-state index contributed by atoms with van der Waals surface area (Å²) in [5.74, 6) is -1.13. The van der Waals surface area contributed by atoms with E-state index in [4.69, 9.17) is 5.73 Å². The molecule has 0 aliphatic heterocycles. The number of hydrogen-bond acceptors (Lipinski definition) is 6. The number of hydrogen-bond donors (Lipinski definition) is 1. The zero-order valence-electron chi connectivity index (χ0n) is 19.3. The van der Waals surface area contributed by atoms with E-state index >= 15 is 4.39 Å². The molecule has 0 bridgehead atoms. The van der Waals surface area contributed by atoms with Crippen molar-refractivity contribution in [1.82, 2.24) is 29.2 Å². The molecule has 0 atom stereocenters. The lowest BCUT2D eigenvalue weighted by Crippen LogP contribution is -2.23. The van der Waals surface area contributed by atoms with Crippen LogP contribution in [0.5, 0.6) is 0 Å². The molecule has 3 heterocycles. The topological polar surface area (TPSA) is 112 Å². The maximum absolute atomic E-state index is 15.2. The zero-order chi connectivity index (χ0) is 24.0. The fraction of sp³-hybridized carbons (Fsp3) is 0.348. The number of imidazole rings is 1. The number of pyridine rings is 1. The molecular formula is C23H26FN7O2. The minimum absolute atomic E-state index is 0.128. The summed E-state index contributed by atoms with van der Waals surface area (Å²) in [7, 11) is 5.48.